The van der Waals surface area contributed by atoms with Gasteiger partial charge in [-0.05, 0) is 30.4 Å². The molecule has 0 heterocycles. The lowest BCUT2D eigenvalue weighted by molar-refractivity contribution is -0.144. The zero-order valence-electron chi connectivity index (χ0n) is 12.3. The van der Waals surface area contributed by atoms with Crippen molar-refractivity contribution in [3.05, 3.63) is 53.6 Å². The normalized spacial score (nSPS) is 19.9. The van der Waals surface area contributed by atoms with E-state index in [1.54, 1.807) is 0 Å². The lowest BCUT2D eigenvalue weighted by Gasteiger charge is -2.11. The summed E-state index contributed by atoms with van der Waals surface area (Å²) in [6.45, 7) is 0. The Labute approximate surface area is 126 Å². The molecule has 1 aliphatic rings. The molecule has 2 rings (SSSR count). The standard InChI is InChI=1S/C19H20O2/c1-3-4-5-9-12-17-15-19(17,18(20)21-2)14-13-16-10-7-6-8-11-16/h1,6-8,10-11,13-15H,4-5,9,12H2,2H3/b14-13+/t19-/m1/s1. The molecule has 0 radical (unpaired) electrons. The summed E-state index contributed by atoms with van der Waals surface area (Å²) in [5.41, 5.74) is 1.59. The predicted molar refractivity (Wildman–Crippen MR) is 85.3 cm³/mol. The van der Waals surface area contributed by atoms with Gasteiger partial charge in [0.1, 0.15) is 5.41 Å². The highest BCUT2D eigenvalue weighted by molar-refractivity contribution is 5.92. The lowest BCUT2D eigenvalue weighted by Crippen LogP contribution is -2.18. The lowest BCUT2D eigenvalue weighted by atomic mass is 9.95. The van der Waals surface area contributed by atoms with Crippen LogP contribution < -0.4 is 0 Å². The molecule has 0 amide bonds. The van der Waals surface area contributed by atoms with Crippen LogP contribution in [0.15, 0.2) is 48.1 Å². The number of carbonyl (C=O) groups excluding carboxylic acids is 1. The monoisotopic (exact) mass is 280 g/mol. The molecule has 0 aromatic heterocycles. The molecule has 0 unspecified atom stereocenters. The first-order valence-corrected chi connectivity index (χ1v) is 7.21. The van der Waals surface area contributed by atoms with Gasteiger partial charge in [0, 0.05) is 6.42 Å². The predicted octanol–water partition coefficient (Wildman–Crippen LogP) is 3.99. The fourth-order valence-electron chi connectivity index (χ4n) is 2.43. The highest BCUT2D eigenvalue weighted by Gasteiger charge is 2.49. The van der Waals surface area contributed by atoms with Crippen molar-refractivity contribution in [2.24, 2.45) is 5.41 Å². The molecule has 1 aliphatic carbocycles. The molecule has 0 aliphatic heterocycles. The molecule has 0 saturated heterocycles. The first kappa shape index (κ1) is 15.1. The Balaban J connectivity index is 2.00. The van der Waals surface area contributed by atoms with Crippen LogP contribution in [0.4, 0.5) is 0 Å². The van der Waals surface area contributed by atoms with Crippen LogP contribution in [0.25, 0.3) is 6.08 Å². The molecule has 21 heavy (non-hydrogen) atoms. The number of unbranched alkanes of at least 4 members (excludes halogenated alkanes) is 2. The van der Waals surface area contributed by atoms with Gasteiger partial charge in [-0.3, -0.25) is 4.79 Å². The third-order valence-electron chi connectivity index (χ3n) is 3.73. The Morgan fingerprint density at radius 2 is 2.10 bits per heavy atom. The van der Waals surface area contributed by atoms with Crippen LogP contribution >= 0.6 is 0 Å². The van der Waals surface area contributed by atoms with Gasteiger partial charge in [0.05, 0.1) is 7.11 Å². The second-order valence-electron chi connectivity index (χ2n) is 5.19. The van der Waals surface area contributed by atoms with Crippen molar-refractivity contribution in [2.75, 3.05) is 7.11 Å². The Hall–Kier alpha value is -2.27. The van der Waals surface area contributed by atoms with E-state index in [0.29, 0.717) is 0 Å². The number of terminal acetylenes is 1. The molecule has 0 saturated carbocycles. The minimum atomic E-state index is -0.624. The number of benzene rings is 1. The Morgan fingerprint density at radius 1 is 1.33 bits per heavy atom. The SMILES string of the molecule is C#CCCCCC1=C[C@@]1(/C=C/c1ccccc1)C(=O)OC. The molecule has 0 fully saturated rings. The quantitative estimate of drug-likeness (QED) is 0.327. The highest BCUT2D eigenvalue weighted by Crippen LogP contribution is 2.49. The number of carbonyl (C=O) groups is 1. The van der Waals surface area contributed by atoms with Crippen molar-refractivity contribution in [1.82, 2.24) is 0 Å². The van der Waals surface area contributed by atoms with Crippen molar-refractivity contribution < 1.29 is 9.53 Å². The summed E-state index contributed by atoms with van der Waals surface area (Å²) >= 11 is 0. The van der Waals surface area contributed by atoms with Crippen LogP contribution in [0.1, 0.15) is 31.2 Å². The number of hydrogen-bond donors (Lipinski definition) is 0. The number of hydrogen-bond acceptors (Lipinski definition) is 2. The first-order valence-electron chi connectivity index (χ1n) is 7.21. The Morgan fingerprint density at radius 3 is 2.76 bits per heavy atom. The summed E-state index contributed by atoms with van der Waals surface area (Å²) in [4.78, 5) is 12.1. The first-order chi connectivity index (χ1) is 10.2. The summed E-state index contributed by atoms with van der Waals surface area (Å²) in [5, 5.41) is 0. The fourth-order valence-corrected chi connectivity index (χ4v) is 2.43. The van der Waals surface area contributed by atoms with Crippen molar-refractivity contribution >= 4 is 12.0 Å². The van der Waals surface area contributed by atoms with Crippen molar-refractivity contribution in [3.63, 3.8) is 0 Å². The van der Waals surface area contributed by atoms with Gasteiger partial charge in [0.15, 0.2) is 0 Å². The molecule has 2 heteroatoms. The van der Waals surface area contributed by atoms with Crippen LogP contribution in [0.2, 0.25) is 0 Å². The third-order valence-corrected chi connectivity index (χ3v) is 3.73. The highest BCUT2D eigenvalue weighted by atomic mass is 16.5. The summed E-state index contributed by atoms with van der Waals surface area (Å²) in [6.07, 6.45) is 14.8. The summed E-state index contributed by atoms with van der Waals surface area (Å²) in [7, 11) is 1.43. The molecular formula is C19H20O2. The van der Waals surface area contributed by atoms with E-state index in [9.17, 15) is 4.79 Å². The van der Waals surface area contributed by atoms with Gasteiger partial charge in [0.2, 0.25) is 0 Å². The maximum Gasteiger partial charge on any atom is 0.323 e. The molecule has 0 N–H and O–H groups in total. The minimum absolute atomic E-state index is 0.207. The van der Waals surface area contributed by atoms with Gasteiger partial charge in [-0.2, -0.15) is 0 Å². The van der Waals surface area contributed by atoms with E-state index in [-0.39, 0.29) is 5.97 Å². The molecule has 0 bridgehead atoms. The second kappa shape index (κ2) is 6.95. The summed E-state index contributed by atoms with van der Waals surface area (Å²) < 4.78 is 4.95. The molecule has 108 valence electrons. The van der Waals surface area contributed by atoms with Gasteiger partial charge in [0.25, 0.3) is 0 Å². The van der Waals surface area contributed by atoms with E-state index >= 15 is 0 Å². The molecule has 1 aromatic carbocycles. The second-order valence-corrected chi connectivity index (χ2v) is 5.19. The summed E-state index contributed by atoms with van der Waals surface area (Å²) in [5.74, 6) is 2.43. The minimum Gasteiger partial charge on any atom is -0.468 e. The van der Waals surface area contributed by atoms with E-state index in [2.05, 4.69) is 5.92 Å². The van der Waals surface area contributed by atoms with E-state index in [1.807, 2.05) is 48.6 Å². The third kappa shape index (κ3) is 3.64. The van der Waals surface area contributed by atoms with Crippen LogP contribution in [0.5, 0.6) is 0 Å². The largest absolute Gasteiger partial charge is 0.468 e. The van der Waals surface area contributed by atoms with E-state index in [1.165, 1.54) is 7.11 Å². The average molecular weight is 280 g/mol. The number of rotatable bonds is 7. The van der Waals surface area contributed by atoms with Crippen LogP contribution in [-0.2, 0) is 9.53 Å². The number of methoxy groups -OCH3 is 1. The molecule has 0 spiro atoms. The number of esters is 1. The van der Waals surface area contributed by atoms with E-state index in [0.717, 1.165) is 36.8 Å². The molecular weight excluding hydrogens is 260 g/mol. The van der Waals surface area contributed by atoms with Crippen molar-refractivity contribution in [3.8, 4) is 12.3 Å². The zero-order valence-corrected chi connectivity index (χ0v) is 12.3. The summed E-state index contributed by atoms with van der Waals surface area (Å²) in [6, 6.07) is 9.95. The smallest absolute Gasteiger partial charge is 0.323 e. The molecule has 2 nitrogen and oxygen atoms in total. The van der Waals surface area contributed by atoms with Crippen LogP contribution in [-0.4, -0.2) is 13.1 Å². The zero-order chi connectivity index (χ0) is 15.1. The van der Waals surface area contributed by atoms with Gasteiger partial charge in [-0.15, -0.1) is 12.3 Å². The number of ether oxygens (including phenoxy) is 1. The van der Waals surface area contributed by atoms with Gasteiger partial charge in [-0.25, -0.2) is 0 Å². The molecule has 1 atom stereocenters. The Kier molecular flexibility index (Phi) is 5.00. The Bertz CT molecular complexity index is 590. The topological polar surface area (TPSA) is 26.3 Å². The maximum absolute atomic E-state index is 12.1. The van der Waals surface area contributed by atoms with Gasteiger partial charge >= 0.3 is 5.97 Å². The van der Waals surface area contributed by atoms with Gasteiger partial charge in [-0.1, -0.05) is 48.6 Å². The van der Waals surface area contributed by atoms with Crippen molar-refractivity contribution in [1.29, 1.82) is 0 Å². The van der Waals surface area contributed by atoms with E-state index in [4.69, 9.17) is 11.2 Å². The fraction of sp³-hybridized carbons (Fsp3) is 0.316. The van der Waals surface area contributed by atoms with E-state index < -0.39 is 5.41 Å². The van der Waals surface area contributed by atoms with Crippen LogP contribution in [0.3, 0.4) is 0 Å². The maximum atomic E-state index is 12.1. The average Bonchev–Trinajstić information content (AvgIpc) is 3.24. The van der Waals surface area contributed by atoms with Crippen LogP contribution in [0, 0.1) is 17.8 Å². The molecule has 1 aromatic rings. The van der Waals surface area contributed by atoms with Gasteiger partial charge < -0.3 is 4.74 Å². The van der Waals surface area contributed by atoms with Crippen molar-refractivity contribution in [2.45, 2.75) is 25.7 Å².